The van der Waals surface area contributed by atoms with Gasteiger partial charge in [0.05, 0.1) is 17.7 Å². The molecule has 0 unspecified atom stereocenters. The Hall–Kier alpha value is -2.12. The predicted octanol–water partition coefficient (Wildman–Crippen LogP) is 5.79. The number of anilines is 1. The Morgan fingerprint density at radius 2 is 1.86 bits per heavy atom. The van der Waals surface area contributed by atoms with Gasteiger partial charge >= 0.3 is 0 Å². The average Bonchev–Trinajstić information content (AvgIpc) is 2.68. The molecule has 0 aromatic heterocycles. The summed E-state index contributed by atoms with van der Waals surface area (Å²) in [5.74, 6) is 1.64. The van der Waals surface area contributed by atoms with Gasteiger partial charge in [0, 0.05) is 11.3 Å². The van der Waals surface area contributed by atoms with Gasteiger partial charge in [-0.05, 0) is 83.0 Å². The molecule has 0 aliphatic heterocycles. The van der Waals surface area contributed by atoms with Crippen LogP contribution in [0.1, 0.15) is 44.0 Å². The summed E-state index contributed by atoms with van der Waals surface area (Å²) in [4.78, 5) is 12.5. The number of carbonyl (C=O) groups is 1. The molecule has 2 aromatic carbocycles. The van der Waals surface area contributed by atoms with Crippen LogP contribution in [0, 0.1) is 5.92 Å². The number of rotatable bonds is 9. The first-order valence-electron chi connectivity index (χ1n) is 9.66. The van der Waals surface area contributed by atoms with Gasteiger partial charge < -0.3 is 14.8 Å². The zero-order valence-corrected chi connectivity index (χ0v) is 19.4. The normalized spacial score (nSPS) is 10.5. The monoisotopic (exact) mass is 478 g/mol. The fourth-order valence-corrected chi connectivity index (χ4v) is 3.03. The topological polar surface area (TPSA) is 59.6 Å². The minimum atomic E-state index is -0.293. The zero-order valence-electron chi connectivity index (χ0n) is 17.0. The Morgan fingerprint density at radius 1 is 1.14 bits per heavy atom. The summed E-state index contributed by atoms with van der Waals surface area (Å²) in [7, 11) is 0. The molecule has 7 heteroatoms. The van der Waals surface area contributed by atoms with Crippen LogP contribution in [0.4, 0.5) is 5.69 Å². The third-order valence-corrected chi connectivity index (χ3v) is 4.70. The fraction of sp³-hybridized carbons (Fsp3) is 0.364. The number of benzene rings is 2. The smallest absolute Gasteiger partial charge is 0.257 e. The summed E-state index contributed by atoms with van der Waals surface area (Å²) in [6.45, 7) is 7.60. The summed E-state index contributed by atoms with van der Waals surface area (Å²) in [6, 6.07) is 12.7. The average molecular weight is 479 g/mol. The van der Waals surface area contributed by atoms with Crippen molar-refractivity contribution in [2.75, 3.05) is 18.5 Å². The Balaban J connectivity index is 1.88. The molecule has 2 aromatic rings. The molecule has 0 saturated heterocycles. The second-order valence-corrected chi connectivity index (χ2v) is 8.25. The minimum absolute atomic E-state index is 0.228. The van der Waals surface area contributed by atoms with E-state index in [4.69, 9.17) is 21.7 Å². The number of thiocarbonyl (C=S) groups is 1. The van der Waals surface area contributed by atoms with Crippen molar-refractivity contribution in [3.8, 4) is 11.5 Å². The van der Waals surface area contributed by atoms with Crippen LogP contribution in [0.5, 0.6) is 11.5 Å². The maximum absolute atomic E-state index is 12.5. The summed E-state index contributed by atoms with van der Waals surface area (Å²) < 4.78 is 12.1. The van der Waals surface area contributed by atoms with E-state index in [1.807, 2.05) is 24.3 Å². The molecule has 1 amide bonds. The highest BCUT2D eigenvalue weighted by atomic mass is 79.9. The Morgan fingerprint density at radius 3 is 2.48 bits per heavy atom. The van der Waals surface area contributed by atoms with E-state index in [2.05, 4.69) is 47.3 Å². The maximum Gasteiger partial charge on any atom is 0.257 e. The predicted molar refractivity (Wildman–Crippen MR) is 125 cm³/mol. The van der Waals surface area contributed by atoms with Crippen molar-refractivity contribution in [2.24, 2.45) is 5.92 Å². The van der Waals surface area contributed by atoms with Gasteiger partial charge in [0.2, 0.25) is 0 Å². The third-order valence-electron chi connectivity index (χ3n) is 3.87. The fourth-order valence-electron chi connectivity index (χ4n) is 2.32. The highest BCUT2D eigenvalue weighted by molar-refractivity contribution is 9.10. The molecule has 0 spiro atoms. The molecule has 2 rings (SSSR count). The molecular formula is C22H27BrN2O3S. The minimum Gasteiger partial charge on any atom is -0.494 e. The van der Waals surface area contributed by atoms with Crippen LogP contribution in [0.25, 0.3) is 0 Å². The zero-order chi connectivity index (χ0) is 21.2. The number of ether oxygens (including phenoxy) is 2. The molecule has 0 heterocycles. The van der Waals surface area contributed by atoms with Gasteiger partial charge in [-0.1, -0.05) is 27.2 Å². The number of halogens is 1. The van der Waals surface area contributed by atoms with Crippen molar-refractivity contribution in [2.45, 2.75) is 33.6 Å². The molecule has 0 bridgehead atoms. The first-order valence-corrected chi connectivity index (χ1v) is 10.9. The summed E-state index contributed by atoms with van der Waals surface area (Å²) in [5, 5.41) is 5.92. The molecular weight excluding hydrogens is 452 g/mol. The van der Waals surface area contributed by atoms with Crippen LogP contribution < -0.4 is 20.1 Å². The highest BCUT2D eigenvalue weighted by Gasteiger charge is 2.11. The molecule has 2 N–H and O–H groups in total. The quantitative estimate of drug-likeness (QED) is 0.352. The Bertz CT molecular complexity index is 825. The number of hydrogen-bond donors (Lipinski definition) is 2. The Kier molecular flexibility index (Phi) is 9.41. The summed E-state index contributed by atoms with van der Waals surface area (Å²) >= 11 is 8.70. The molecule has 156 valence electrons. The van der Waals surface area contributed by atoms with E-state index in [9.17, 15) is 4.79 Å². The molecule has 0 fully saturated rings. The first kappa shape index (κ1) is 23.2. The van der Waals surface area contributed by atoms with E-state index in [0.29, 0.717) is 30.4 Å². The molecule has 0 aliphatic rings. The molecule has 0 saturated carbocycles. The van der Waals surface area contributed by atoms with Crippen LogP contribution in [0.3, 0.4) is 0 Å². The van der Waals surface area contributed by atoms with Crippen molar-refractivity contribution in [1.82, 2.24) is 5.32 Å². The number of nitrogens with one attached hydrogen (secondary N) is 2. The van der Waals surface area contributed by atoms with E-state index in [0.717, 1.165) is 28.8 Å². The van der Waals surface area contributed by atoms with Gasteiger partial charge in [-0.2, -0.15) is 0 Å². The van der Waals surface area contributed by atoms with Gasteiger partial charge in [0.15, 0.2) is 5.11 Å². The van der Waals surface area contributed by atoms with Gasteiger partial charge in [0.25, 0.3) is 5.91 Å². The van der Waals surface area contributed by atoms with Crippen molar-refractivity contribution in [3.05, 3.63) is 52.5 Å². The van der Waals surface area contributed by atoms with Crippen LogP contribution in [0.15, 0.2) is 46.9 Å². The second kappa shape index (κ2) is 11.8. The van der Waals surface area contributed by atoms with Crippen LogP contribution >= 0.6 is 28.1 Å². The van der Waals surface area contributed by atoms with E-state index < -0.39 is 0 Å². The van der Waals surface area contributed by atoms with Crippen LogP contribution in [-0.4, -0.2) is 24.2 Å². The molecule has 5 nitrogen and oxygen atoms in total. The van der Waals surface area contributed by atoms with E-state index in [-0.39, 0.29) is 11.0 Å². The van der Waals surface area contributed by atoms with Gasteiger partial charge in [0.1, 0.15) is 11.5 Å². The van der Waals surface area contributed by atoms with Gasteiger partial charge in [-0.25, -0.2) is 0 Å². The first-order chi connectivity index (χ1) is 13.9. The molecule has 0 aliphatic carbocycles. The second-order valence-electron chi connectivity index (χ2n) is 6.98. The molecule has 0 atom stereocenters. The lowest BCUT2D eigenvalue weighted by atomic mass is 10.2. The number of hydrogen-bond acceptors (Lipinski definition) is 4. The van der Waals surface area contributed by atoms with E-state index >= 15 is 0 Å². The number of carbonyl (C=O) groups excluding carboxylic acids is 1. The Labute approximate surface area is 186 Å². The lowest BCUT2D eigenvalue weighted by Crippen LogP contribution is -2.34. The van der Waals surface area contributed by atoms with Crippen molar-refractivity contribution < 1.29 is 14.3 Å². The summed E-state index contributed by atoms with van der Waals surface area (Å²) in [5.41, 5.74) is 1.26. The highest BCUT2D eigenvalue weighted by Crippen LogP contribution is 2.26. The SMILES string of the molecule is CCCCOc1ccc(NC(=S)NC(=O)c2ccc(OCC(C)C)c(Br)c2)cc1. The van der Waals surface area contributed by atoms with Gasteiger partial charge in [-0.3, -0.25) is 10.1 Å². The van der Waals surface area contributed by atoms with Crippen molar-refractivity contribution in [3.63, 3.8) is 0 Å². The maximum atomic E-state index is 12.5. The van der Waals surface area contributed by atoms with Crippen molar-refractivity contribution in [1.29, 1.82) is 0 Å². The van der Waals surface area contributed by atoms with Crippen LogP contribution in [-0.2, 0) is 0 Å². The third kappa shape index (κ3) is 8.03. The summed E-state index contributed by atoms with van der Waals surface area (Å²) in [6.07, 6.45) is 2.12. The molecule has 29 heavy (non-hydrogen) atoms. The van der Waals surface area contributed by atoms with Crippen LogP contribution in [0.2, 0.25) is 0 Å². The number of amides is 1. The lowest BCUT2D eigenvalue weighted by molar-refractivity contribution is 0.0977. The van der Waals surface area contributed by atoms with E-state index in [1.165, 1.54) is 0 Å². The van der Waals surface area contributed by atoms with Crippen molar-refractivity contribution >= 4 is 44.9 Å². The number of unbranched alkanes of at least 4 members (excludes halogenated alkanes) is 1. The largest absolute Gasteiger partial charge is 0.494 e. The van der Waals surface area contributed by atoms with E-state index in [1.54, 1.807) is 18.2 Å². The lowest BCUT2D eigenvalue weighted by Gasteiger charge is -2.13. The van der Waals surface area contributed by atoms with Gasteiger partial charge in [-0.15, -0.1) is 0 Å². The molecule has 0 radical (unpaired) electrons. The standard InChI is InChI=1S/C22H27BrN2O3S/c1-4-5-12-27-18-9-7-17(8-10-18)24-22(29)25-21(26)16-6-11-20(19(23)13-16)28-14-15(2)3/h6-11,13,15H,4-5,12,14H2,1-3H3,(H2,24,25,26,29).